The molecular formula is C42H72Cl2O4Si4Zr. The normalized spacial score (nSPS) is 13.1. The van der Waals surface area contributed by atoms with Crippen molar-refractivity contribution >= 4 is 45.4 Å². The molecule has 0 aliphatic heterocycles. The van der Waals surface area contributed by atoms with Crippen molar-refractivity contribution < 1.29 is 68.7 Å². The Bertz CT molecular complexity index is 1300. The van der Waals surface area contributed by atoms with Gasteiger partial charge in [0.1, 0.15) is 23.0 Å². The minimum atomic E-state index is -1.72. The predicted octanol–water partition coefficient (Wildman–Crippen LogP) is 8.05. The molecule has 298 valence electrons. The Morgan fingerprint density at radius 1 is 0.377 bits per heavy atom. The first-order valence-corrected chi connectivity index (χ1v) is 30.6. The van der Waals surface area contributed by atoms with Crippen LogP contribution in [0, 0.1) is 0 Å². The van der Waals surface area contributed by atoms with Crippen molar-refractivity contribution in [2.45, 2.75) is 168 Å². The number of halogens is 2. The second-order valence-corrected chi connectivity index (χ2v) is 33.4. The standard InChI is InChI=1S/2C21H36O2Si2.2ClH.Zr/c2*1-7-24(8-2,9-3)22-20-16-18-14-13-15-19(18)17-21(20)23-25(10-4,11-5)12-6;;;/h2*13-14,16-17H,7-12,15H2,1-6H3;2*1H;/q;;;;+2/p-2. The summed E-state index contributed by atoms with van der Waals surface area (Å²) in [6, 6.07) is 22.9. The van der Waals surface area contributed by atoms with Gasteiger partial charge < -0.3 is 42.5 Å². The van der Waals surface area contributed by atoms with Gasteiger partial charge in [0.05, 0.1) is 0 Å². The van der Waals surface area contributed by atoms with Crippen LogP contribution in [0.1, 0.15) is 105 Å². The fraction of sp³-hybridized carbons (Fsp3) is 0.619. The number of rotatable bonds is 20. The molecule has 0 saturated heterocycles. The molecule has 0 aromatic heterocycles. The largest absolute Gasteiger partial charge is 2.00 e. The molecule has 0 unspecified atom stereocenters. The van der Waals surface area contributed by atoms with Crippen LogP contribution in [0.4, 0.5) is 0 Å². The minimum absolute atomic E-state index is 0. The third-order valence-corrected chi connectivity index (χ3v) is 30.8. The molecule has 2 aliphatic rings. The number of fused-ring (bicyclic) bond motifs is 2. The molecule has 11 heteroatoms. The first kappa shape index (κ1) is 52.5. The Morgan fingerprint density at radius 2 is 0.585 bits per heavy atom. The molecule has 2 aromatic rings. The SMILES string of the molecule is CC[Si](CC)(CC)Oc1cc2c(cc1O[Si](CC)(CC)CC)CC=C2.CC[Si](CC)(CC)Oc1cc2c(cc1O[Si](CC)(CC)CC)CC=C2.[Cl-].[Cl-].[Zr+2]. The zero-order valence-corrected chi connectivity index (χ0v) is 43.4. The number of benzene rings is 2. The Labute approximate surface area is 361 Å². The van der Waals surface area contributed by atoms with Gasteiger partial charge in [-0.2, -0.15) is 0 Å². The maximum atomic E-state index is 6.79. The Balaban J connectivity index is 0.000000966. The van der Waals surface area contributed by atoms with Crippen molar-refractivity contribution in [2.75, 3.05) is 0 Å². The van der Waals surface area contributed by atoms with Crippen LogP contribution in [-0.2, 0) is 39.0 Å². The van der Waals surface area contributed by atoms with E-state index in [1.807, 2.05) is 0 Å². The fourth-order valence-corrected chi connectivity index (χ4v) is 17.9. The third-order valence-electron chi connectivity index (χ3n) is 12.7. The summed E-state index contributed by atoms with van der Waals surface area (Å²) in [7, 11) is -6.86. The van der Waals surface area contributed by atoms with Crippen molar-refractivity contribution in [3.8, 4) is 23.0 Å². The number of hydrogen-bond donors (Lipinski definition) is 0. The van der Waals surface area contributed by atoms with Crippen LogP contribution in [-0.4, -0.2) is 33.3 Å². The average Bonchev–Trinajstić information content (AvgIpc) is 3.83. The van der Waals surface area contributed by atoms with Gasteiger partial charge in [0.25, 0.3) is 33.3 Å². The molecule has 0 spiro atoms. The number of hydrogen-bond acceptors (Lipinski definition) is 4. The van der Waals surface area contributed by atoms with Crippen LogP contribution in [0.25, 0.3) is 12.2 Å². The molecule has 0 radical (unpaired) electrons. The summed E-state index contributed by atoms with van der Waals surface area (Å²) in [5.74, 6) is 4.06. The second-order valence-electron chi connectivity index (χ2n) is 14.6. The van der Waals surface area contributed by atoms with Crippen LogP contribution >= 0.6 is 0 Å². The summed E-state index contributed by atoms with van der Waals surface area (Å²) in [6.45, 7) is 27.5. The Hall–Kier alpha value is -0.549. The maximum absolute atomic E-state index is 6.79. The molecule has 2 aliphatic carbocycles. The minimum Gasteiger partial charge on any atom is -1.00 e. The van der Waals surface area contributed by atoms with Crippen LogP contribution in [0.2, 0.25) is 72.5 Å². The van der Waals surface area contributed by atoms with Crippen molar-refractivity contribution in [1.82, 2.24) is 0 Å². The van der Waals surface area contributed by atoms with Gasteiger partial charge >= 0.3 is 26.2 Å². The summed E-state index contributed by atoms with van der Waals surface area (Å²) < 4.78 is 27.2. The van der Waals surface area contributed by atoms with E-state index in [0.29, 0.717) is 0 Å². The smallest absolute Gasteiger partial charge is 1.00 e. The van der Waals surface area contributed by atoms with E-state index in [1.54, 1.807) is 0 Å². The zero-order valence-electron chi connectivity index (χ0n) is 35.4. The molecular weight excluding hydrogens is 843 g/mol. The van der Waals surface area contributed by atoms with Crippen LogP contribution in [0.15, 0.2) is 36.4 Å². The molecule has 0 atom stereocenters. The predicted molar refractivity (Wildman–Crippen MR) is 230 cm³/mol. The van der Waals surface area contributed by atoms with Crippen LogP contribution in [0.3, 0.4) is 0 Å². The summed E-state index contributed by atoms with van der Waals surface area (Å²) in [5, 5.41) is 0. The number of allylic oxidation sites excluding steroid dienone is 2. The zero-order chi connectivity index (χ0) is 37.0. The molecule has 4 rings (SSSR count). The van der Waals surface area contributed by atoms with E-state index in [4.69, 9.17) is 17.7 Å². The third kappa shape index (κ3) is 12.7. The first-order chi connectivity index (χ1) is 24.0. The van der Waals surface area contributed by atoms with E-state index < -0.39 is 33.3 Å². The topological polar surface area (TPSA) is 36.9 Å². The molecule has 0 heterocycles. The molecule has 0 fully saturated rings. The summed E-state index contributed by atoms with van der Waals surface area (Å²) in [6.07, 6.45) is 11.0. The molecule has 0 amide bonds. The molecule has 53 heavy (non-hydrogen) atoms. The Kier molecular flexibility index (Phi) is 24.0. The van der Waals surface area contributed by atoms with Crippen LogP contribution in [0.5, 0.6) is 23.0 Å². The van der Waals surface area contributed by atoms with Gasteiger partial charge in [-0.15, -0.1) is 0 Å². The molecule has 2 aromatic carbocycles. The van der Waals surface area contributed by atoms with Crippen molar-refractivity contribution in [1.29, 1.82) is 0 Å². The van der Waals surface area contributed by atoms with Crippen molar-refractivity contribution in [2.24, 2.45) is 0 Å². The van der Waals surface area contributed by atoms with E-state index in [2.05, 4.69) is 132 Å². The van der Waals surface area contributed by atoms with Gasteiger partial charge in [-0.3, -0.25) is 0 Å². The van der Waals surface area contributed by atoms with Gasteiger partial charge in [-0.05, 0) is 132 Å². The Morgan fingerprint density at radius 3 is 0.792 bits per heavy atom. The molecule has 0 saturated carbocycles. The fourth-order valence-electron chi connectivity index (χ4n) is 7.64. The quantitative estimate of drug-likeness (QED) is 0.126. The average molecular weight is 916 g/mol. The van der Waals surface area contributed by atoms with Crippen molar-refractivity contribution in [3.63, 3.8) is 0 Å². The maximum Gasteiger partial charge on any atom is 2.00 e. The van der Waals surface area contributed by atoms with Crippen molar-refractivity contribution in [3.05, 3.63) is 58.7 Å². The van der Waals surface area contributed by atoms with E-state index in [1.165, 1.54) is 22.3 Å². The summed E-state index contributed by atoms with van der Waals surface area (Å²) in [4.78, 5) is 0. The van der Waals surface area contributed by atoms with Gasteiger partial charge in [-0.1, -0.05) is 107 Å². The van der Waals surface area contributed by atoms with E-state index in [0.717, 1.165) is 108 Å². The van der Waals surface area contributed by atoms with E-state index in [-0.39, 0.29) is 51.0 Å². The van der Waals surface area contributed by atoms with Gasteiger partial charge in [0, 0.05) is 0 Å². The van der Waals surface area contributed by atoms with E-state index in [9.17, 15) is 0 Å². The molecule has 0 N–H and O–H groups in total. The van der Waals surface area contributed by atoms with E-state index >= 15 is 0 Å². The monoisotopic (exact) mass is 912 g/mol. The molecule has 0 bridgehead atoms. The summed E-state index contributed by atoms with van der Waals surface area (Å²) in [5.41, 5.74) is 5.38. The van der Waals surface area contributed by atoms with Gasteiger partial charge in [0.2, 0.25) is 0 Å². The van der Waals surface area contributed by atoms with Gasteiger partial charge in [0.15, 0.2) is 0 Å². The summed E-state index contributed by atoms with van der Waals surface area (Å²) >= 11 is 0. The van der Waals surface area contributed by atoms with Crippen LogP contribution < -0.4 is 42.5 Å². The second kappa shape index (κ2) is 24.3. The first-order valence-electron chi connectivity index (χ1n) is 20.4. The molecule has 4 nitrogen and oxygen atoms in total. The van der Waals surface area contributed by atoms with Gasteiger partial charge in [-0.25, -0.2) is 0 Å².